The van der Waals surface area contributed by atoms with Crippen molar-refractivity contribution in [2.75, 3.05) is 0 Å². The van der Waals surface area contributed by atoms with Crippen molar-refractivity contribution in [2.24, 2.45) is 29.1 Å². The quantitative estimate of drug-likeness (QED) is 0.666. The van der Waals surface area contributed by atoms with E-state index in [9.17, 15) is 9.59 Å². The van der Waals surface area contributed by atoms with Gasteiger partial charge in [0.25, 0.3) is 0 Å². The van der Waals surface area contributed by atoms with Gasteiger partial charge >= 0.3 is 5.97 Å². The average Bonchev–Trinajstić information content (AvgIpc) is 2.73. The van der Waals surface area contributed by atoms with Crippen LogP contribution in [-0.2, 0) is 9.59 Å². The summed E-state index contributed by atoms with van der Waals surface area (Å²) in [6.07, 6.45) is 5.12. The summed E-state index contributed by atoms with van der Waals surface area (Å²) in [5.74, 6) is -0.958. The van der Waals surface area contributed by atoms with Gasteiger partial charge in [0.05, 0.1) is 5.92 Å². The first-order valence-electron chi connectivity index (χ1n) is 5.00. The molecule has 3 rings (SSSR count). The molecule has 3 heteroatoms. The van der Waals surface area contributed by atoms with Crippen LogP contribution in [0.15, 0.2) is 12.2 Å². The van der Waals surface area contributed by atoms with Crippen LogP contribution in [0.1, 0.15) is 13.3 Å². The molecule has 3 nitrogen and oxygen atoms in total. The standard InChI is InChI=1S/C11H12O3/c1-5(12)8-6-2-3-11(6)4-7(11)9(8)10(13)14/h2-3,6-9H,4H2,1H3,(H,13,14)/t6?,7?,8-,9+,11?/m1/s1. The molecule has 14 heavy (non-hydrogen) atoms. The number of hydrogen-bond donors (Lipinski definition) is 1. The Kier molecular flexibility index (Phi) is 1.23. The van der Waals surface area contributed by atoms with Crippen LogP contribution in [0.2, 0.25) is 0 Å². The molecule has 0 radical (unpaired) electrons. The van der Waals surface area contributed by atoms with Crippen molar-refractivity contribution < 1.29 is 14.7 Å². The molecule has 3 unspecified atom stereocenters. The third-order valence-corrected chi connectivity index (χ3v) is 4.30. The molecule has 3 aliphatic rings. The fraction of sp³-hybridized carbons (Fsp3) is 0.636. The largest absolute Gasteiger partial charge is 0.481 e. The monoisotopic (exact) mass is 192 g/mol. The number of carboxylic acids is 1. The van der Waals surface area contributed by atoms with Crippen molar-refractivity contribution in [3.05, 3.63) is 12.2 Å². The van der Waals surface area contributed by atoms with Gasteiger partial charge in [-0.2, -0.15) is 0 Å². The summed E-state index contributed by atoms with van der Waals surface area (Å²) in [5.41, 5.74) is 0.124. The van der Waals surface area contributed by atoms with Gasteiger partial charge in [0.1, 0.15) is 5.78 Å². The number of rotatable bonds is 2. The Bertz CT molecular complexity index is 371. The number of carbonyl (C=O) groups excluding carboxylic acids is 1. The second kappa shape index (κ2) is 2.10. The highest BCUT2D eigenvalue weighted by atomic mass is 16.4. The number of carboxylic acid groups (broad SMARTS) is 1. The number of carbonyl (C=O) groups is 2. The number of ketones is 1. The number of hydrogen-bond acceptors (Lipinski definition) is 2. The SMILES string of the molecule is CC(=O)[C@@H]1C2C=CC23CC3[C@@H]1C(=O)O. The maximum Gasteiger partial charge on any atom is 0.307 e. The number of Topliss-reactive ketones (excluding diaryl/α,β-unsaturated/α-hetero) is 1. The zero-order valence-corrected chi connectivity index (χ0v) is 7.93. The Morgan fingerprint density at radius 3 is 2.57 bits per heavy atom. The molecule has 0 aromatic rings. The number of allylic oxidation sites excluding steroid dienone is 2. The highest BCUT2D eigenvalue weighted by Crippen LogP contribution is 2.76. The molecule has 1 N–H and O–H groups in total. The Morgan fingerprint density at radius 1 is 1.43 bits per heavy atom. The third kappa shape index (κ3) is 0.668. The molecule has 1 spiro atoms. The van der Waals surface area contributed by atoms with Crippen LogP contribution < -0.4 is 0 Å². The molecular formula is C11H12O3. The van der Waals surface area contributed by atoms with E-state index in [2.05, 4.69) is 6.08 Å². The molecule has 2 saturated carbocycles. The van der Waals surface area contributed by atoms with Gasteiger partial charge in [-0.05, 0) is 30.6 Å². The summed E-state index contributed by atoms with van der Waals surface area (Å²) in [7, 11) is 0. The van der Waals surface area contributed by atoms with Crippen LogP contribution >= 0.6 is 0 Å². The van der Waals surface area contributed by atoms with E-state index in [0.717, 1.165) is 6.42 Å². The molecule has 0 aromatic carbocycles. The first kappa shape index (κ1) is 8.21. The minimum Gasteiger partial charge on any atom is -0.481 e. The number of aliphatic carboxylic acids is 1. The van der Waals surface area contributed by atoms with Crippen LogP contribution in [-0.4, -0.2) is 16.9 Å². The lowest BCUT2D eigenvalue weighted by molar-refractivity contribution is -0.146. The molecule has 0 amide bonds. The van der Waals surface area contributed by atoms with E-state index >= 15 is 0 Å². The minimum absolute atomic E-state index is 0.0401. The predicted molar refractivity (Wildman–Crippen MR) is 48.5 cm³/mol. The summed E-state index contributed by atoms with van der Waals surface area (Å²) in [5, 5.41) is 9.11. The van der Waals surface area contributed by atoms with Crippen LogP contribution in [0.4, 0.5) is 0 Å². The summed E-state index contributed by atoms with van der Waals surface area (Å²) in [6.45, 7) is 1.52. The van der Waals surface area contributed by atoms with Crippen molar-refractivity contribution in [2.45, 2.75) is 13.3 Å². The zero-order valence-electron chi connectivity index (χ0n) is 7.93. The smallest absolute Gasteiger partial charge is 0.307 e. The van der Waals surface area contributed by atoms with Gasteiger partial charge < -0.3 is 5.11 Å². The summed E-state index contributed by atoms with van der Waals surface area (Å²) >= 11 is 0. The Balaban J connectivity index is 2.00. The Labute approximate surface area is 81.8 Å². The molecule has 3 aliphatic carbocycles. The normalized spacial score (nSPS) is 51.8. The summed E-state index contributed by atoms with van der Waals surface area (Å²) in [4.78, 5) is 22.5. The topological polar surface area (TPSA) is 54.4 Å². The summed E-state index contributed by atoms with van der Waals surface area (Å²) < 4.78 is 0. The molecule has 0 bridgehead atoms. The molecule has 5 atom stereocenters. The second-order valence-electron chi connectivity index (χ2n) is 4.81. The average molecular weight is 192 g/mol. The fourth-order valence-electron chi connectivity index (χ4n) is 3.57. The van der Waals surface area contributed by atoms with Gasteiger partial charge in [-0.15, -0.1) is 0 Å². The van der Waals surface area contributed by atoms with E-state index in [1.807, 2.05) is 6.08 Å². The van der Waals surface area contributed by atoms with Gasteiger partial charge in [0.15, 0.2) is 0 Å². The minimum atomic E-state index is -0.789. The van der Waals surface area contributed by atoms with Crippen molar-refractivity contribution in [3.8, 4) is 0 Å². The second-order valence-corrected chi connectivity index (χ2v) is 4.81. The van der Waals surface area contributed by atoms with Crippen LogP contribution in [0.25, 0.3) is 0 Å². The van der Waals surface area contributed by atoms with E-state index < -0.39 is 11.9 Å². The van der Waals surface area contributed by atoms with E-state index in [-0.39, 0.29) is 29.0 Å². The Hall–Kier alpha value is -1.12. The molecule has 2 fully saturated rings. The van der Waals surface area contributed by atoms with E-state index in [0.29, 0.717) is 0 Å². The molecule has 0 heterocycles. The Morgan fingerprint density at radius 2 is 2.14 bits per heavy atom. The lowest BCUT2D eigenvalue weighted by atomic mass is 9.72. The van der Waals surface area contributed by atoms with Crippen molar-refractivity contribution in [1.29, 1.82) is 0 Å². The van der Waals surface area contributed by atoms with Crippen LogP contribution in [0.5, 0.6) is 0 Å². The van der Waals surface area contributed by atoms with E-state index in [4.69, 9.17) is 5.11 Å². The first-order valence-corrected chi connectivity index (χ1v) is 5.00. The molecular weight excluding hydrogens is 180 g/mol. The van der Waals surface area contributed by atoms with Gasteiger partial charge in [-0.25, -0.2) is 0 Å². The van der Waals surface area contributed by atoms with Crippen molar-refractivity contribution in [1.82, 2.24) is 0 Å². The van der Waals surface area contributed by atoms with Gasteiger partial charge in [-0.3, -0.25) is 9.59 Å². The first-order chi connectivity index (χ1) is 6.58. The highest BCUT2D eigenvalue weighted by Gasteiger charge is 2.74. The van der Waals surface area contributed by atoms with Gasteiger partial charge in [0.2, 0.25) is 0 Å². The lowest BCUT2D eigenvalue weighted by Crippen LogP contribution is -2.33. The highest BCUT2D eigenvalue weighted by molar-refractivity contribution is 5.87. The lowest BCUT2D eigenvalue weighted by Gasteiger charge is -2.30. The molecule has 0 aliphatic heterocycles. The summed E-state index contributed by atoms with van der Waals surface area (Å²) in [6, 6.07) is 0. The third-order valence-electron chi connectivity index (χ3n) is 4.30. The van der Waals surface area contributed by atoms with Crippen molar-refractivity contribution in [3.63, 3.8) is 0 Å². The molecule has 0 saturated heterocycles. The predicted octanol–water partition coefficient (Wildman–Crippen LogP) is 1.10. The zero-order chi connectivity index (χ0) is 10.1. The van der Waals surface area contributed by atoms with Gasteiger partial charge in [-0.1, -0.05) is 12.2 Å². The molecule has 0 aromatic heterocycles. The van der Waals surface area contributed by atoms with Crippen LogP contribution in [0, 0.1) is 29.1 Å². The van der Waals surface area contributed by atoms with E-state index in [1.54, 1.807) is 0 Å². The fourth-order valence-corrected chi connectivity index (χ4v) is 3.57. The molecule has 74 valence electrons. The van der Waals surface area contributed by atoms with E-state index in [1.165, 1.54) is 6.92 Å². The van der Waals surface area contributed by atoms with Gasteiger partial charge in [0, 0.05) is 5.92 Å². The maximum absolute atomic E-state index is 11.4. The maximum atomic E-state index is 11.4. The van der Waals surface area contributed by atoms with Crippen LogP contribution in [0.3, 0.4) is 0 Å². The van der Waals surface area contributed by atoms with Crippen molar-refractivity contribution >= 4 is 11.8 Å².